The molecule has 0 aliphatic carbocycles. The van der Waals surface area contributed by atoms with E-state index in [4.69, 9.17) is 0 Å². The third kappa shape index (κ3) is 3.97. The Bertz CT molecular complexity index is 1140. The topological polar surface area (TPSA) is 85.9 Å². The monoisotopic (exact) mass is 426 g/mol. The van der Waals surface area contributed by atoms with Gasteiger partial charge in [0.15, 0.2) is 12.3 Å². The number of alkyl halides is 2. The minimum atomic E-state index is -1.59. The fraction of sp³-hybridized carbons (Fsp3) is 0.409. The molecule has 0 bridgehead atoms. The summed E-state index contributed by atoms with van der Waals surface area (Å²) in [6.07, 6.45) is -1.24. The summed E-state index contributed by atoms with van der Waals surface area (Å²) in [6.45, 7) is 1.43. The lowest BCUT2D eigenvalue weighted by atomic mass is 10.1. The first-order chi connectivity index (χ1) is 15.1. The number of para-hydroxylation sites is 1. The van der Waals surface area contributed by atoms with Crippen molar-refractivity contribution in [3.8, 4) is 11.3 Å². The highest BCUT2D eigenvalue weighted by Gasteiger charge is 2.34. The molecule has 7 nitrogen and oxygen atoms in total. The number of nitrogens with zero attached hydrogens (tertiary/aromatic N) is 3. The lowest BCUT2D eigenvalue weighted by molar-refractivity contribution is 0.217. The Morgan fingerprint density at radius 1 is 1.06 bits per heavy atom. The largest absolute Gasteiger partial charge is 0.365 e. The third-order valence-electron chi connectivity index (χ3n) is 5.88. The highest BCUT2D eigenvalue weighted by molar-refractivity contribution is 5.83. The Labute approximate surface area is 177 Å². The second-order valence-corrected chi connectivity index (χ2v) is 8.13. The average Bonchev–Trinajstić information content (AvgIpc) is 3.12. The molecule has 3 aromatic rings. The van der Waals surface area contributed by atoms with E-state index >= 15 is 0 Å². The number of anilines is 2. The zero-order valence-electron chi connectivity index (χ0n) is 16.9. The Kier molecular flexibility index (Phi) is 5.27. The van der Waals surface area contributed by atoms with Crippen LogP contribution in [0.2, 0.25) is 0 Å². The number of hydrogen-bond donors (Lipinski definition) is 3. The first-order valence-electron chi connectivity index (χ1n) is 10.6. The predicted molar refractivity (Wildman–Crippen MR) is 117 cm³/mol. The Morgan fingerprint density at radius 3 is 2.65 bits per heavy atom. The summed E-state index contributed by atoms with van der Waals surface area (Å²) in [5, 5.41) is 7.68. The van der Waals surface area contributed by atoms with Crippen LogP contribution in [0.4, 0.5) is 20.5 Å². The van der Waals surface area contributed by atoms with Gasteiger partial charge in [-0.1, -0.05) is 24.3 Å². The van der Waals surface area contributed by atoms with Gasteiger partial charge in [0.2, 0.25) is 5.95 Å². The molecule has 4 heterocycles. The van der Waals surface area contributed by atoms with E-state index in [2.05, 4.69) is 25.6 Å². The van der Waals surface area contributed by atoms with E-state index in [1.807, 2.05) is 30.3 Å². The van der Waals surface area contributed by atoms with E-state index < -0.39 is 17.9 Å². The molecule has 162 valence electrons. The number of H-pyrrole nitrogens is 1. The fourth-order valence-corrected chi connectivity index (χ4v) is 4.22. The van der Waals surface area contributed by atoms with Gasteiger partial charge in [-0.15, -0.1) is 0 Å². The molecule has 2 saturated heterocycles. The molecule has 0 radical (unpaired) electrons. The summed E-state index contributed by atoms with van der Waals surface area (Å²) in [4.78, 5) is 26.6. The minimum absolute atomic E-state index is 0.0940. The maximum Gasteiger partial charge on any atom is 0.263 e. The van der Waals surface area contributed by atoms with Gasteiger partial charge in [0.05, 0.1) is 24.3 Å². The van der Waals surface area contributed by atoms with Crippen LogP contribution in [0.15, 0.2) is 41.2 Å². The van der Waals surface area contributed by atoms with E-state index in [9.17, 15) is 13.6 Å². The number of rotatable bonds is 4. The summed E-state index contributed by atoms with van der Waals surface area (Å²) in [6, 6.07) is 11.5. The SMILES string of the molecule is O=c1[nH]c(N2C[C@H](F)[C@@H](F)C2)nc(N[C@@H]2CCCNC2)c1-c1ccc2ccccc2n1. The summed E-state index contributed by atoms with van der Waals surface area (Å²) in [7, 11) is 0. The van der Waals surface area contributed by atoms with Gasteiger partial charge in [0.1, 0.15) is 11.4 Å². The molecule has 0 unspecified atom stereocenters. The molecule has 0 saturated carbocycles. The molecule has 5 rings (SSSR count). The zero-order chi connectivity index (χ0) is 21.4. The first kappa shape index (κ1) is 19.9. The number of halogens is 2. The Hall–Kier alpha value is -3.07. The van der Waals surface area contributed by atoms with E-state index in [0.29, 0.717) is 17.1 Å². The minimum Gasteiger partial charge on any atom is -0.365 e. The van der Waals surface area contributed by atoms with Crippen molar-refractivity contribution in [3.63, 3.8) is 0 Å². The molecule has 0 spiro atoms. The van der Waals surface area contributed by atoms with Crippen molar-refractivity contribution in [2.24, 2.45) is 0 Å². The maximum absolute atomic E-state index is 13.7. The van der Waals surface area contributed by atoms with Crippen LogP contribution < -0.4 is 21.1 Å². The van der Waals surface area contributed by atoms with Gasteiger partial charge in [-0.05, 0) is 31.5 Å². The first-order valence-corrected chi connectivity index (χ1v) is 10.6. The molecule has 2 fully saturated rings. The predicted octanol–water partition coefficient (Wildman–Crippen LogP) is 2.65. The number of pyridine rings is 1. The maximum atomic E-state index is 13.7. The van der Waals surface area contributed by atoms with E-state index in [-0.39, 0.29) is 25.1 Å². The summed E-state index contributed by atoms with van der Waals surface area (Å²) >= 11 is 0. The molecule has 2 aromatic heterocycles. The number of fused-ring (bicyclic) bond motifs is 1. The normalized spacial score (nSPS) is 23.9. The van der Waals surface area contributed by atoms with Crippen molar-refractivity contribution in [1.82, 2.24) is 20.3 Å². The van der Waals surface area contributed by atoms with Crippen LogP contribution in [0, 0.1) is 0 Å². The van der Waals surface area contributed by atoms with Crippen LogP contribution in [-0.2, 0) is 0 Å². The van der Waals surface area contributed by atoms with Gasteiger partial charge < -0.3 is 15.5 Å². The quantitative estimate of drug-likeness (QED) is 0.595. The van der Waals surface area contributed by atoms with E-state index in [1.54, 1.807) is 6.07 Å². The molecular formula is C22H24F2N6O. The molecule has 9 heteroatoms. The van der Waals surface area contributed by atoms with Gasteiger partial charge in [-0.3, -0.25) is 9.78 Å². The highest BCUT2D eigenvalue weighted by atomic mass is 19.2. The molecule has 2 aliphatic heterocycles. The molecule has 3 atom stereocenters. The summed E-state index contributed by atoms with van der Waals surface area (Å²) < 4.78 is 27.5. The van der Waals surface area contributed by atoms with Gasteiger partial charge >= 0.3 is 0 Å². The number of nitrogens with one attached hydrogen (secondary N) is 3. The molecule has 3 N–H and O–H groups in total. The number of piperidine rings is 1. The number of hydrogen-bond acceptors (Lipinski definition) is 6. The zero-order valence-corrected chi connectivity index (χ0v) is 16.9. The molecule has 31 heavy (non-hydrogen) atoms. The van der Waals surface area contributed by atoms with E-state index in [1.165, 1.54) is 4.90 Å². The smallest absolute Gasteiger partial charge is 0.263 e. The van der Waals surface area contributed by atoms with Crippen LogP contribution in [0.5, 0.6) is 0 Å². The van der Waals surface area contributed by atoms with Crippen molar-refractivity contribution in [3.05, 3.63) is 46.8 Å². The summed E-state index contributed by atoms with van der Waals surface area (Å²) in [5.41, 5.74) is 1.21. The number of aromatic nitrogens is 3. The Morgan fingerprint density at radius 2 is 1.87 bits per heavy atom. The van der Waals surface area contributed by atoms with Crippen LogP contribution in [0.1, 0.15) is 12.8 Å². The van der Waals surface area contributed by atoms with Gasteiger partial charge in [-0.25, -0.2) is 13.8 Å². The van der Waals surface area contributed by atoms with Crippen molar-refractivity contribution in [2.45, 2.75) is 31.2 Å². The van der Waals surface area contributed by atoms with Crippen LogP contribution in [-0.4, -0.2) is 59.5 Å². The lowest BCUT2D eigenvalue weighted by Crippen LogP contribution is -2.39. The highest BCUT2D eigenvalue weighted by Crippen LogP contribution is 2.28. The molecular weight excluding hydrogens is 402 g/mol. The van der Waals surface area contributed by atoms with Crippen LogP contribution in [0.3, 0.4) is 0 Å². The van der Waals surface area contributed by atoms with Crippen LogP contribution >= 0.6 is 0 Å². The van der Waals surface area contributed by atoms with Crippen molar-refractivity contribution in [1.29, 1.82) is 0 Å². The second kappa shape index (κ2) is 8.22. The summed E-state index contributed by atoms with van der Waals surface area (Å²) in [5.74, 6) is 0.552. The molecule has 0 amide bonds. The van der Waals surface area contributed by atoms with Gasteiger partial charge in [0, 0.05) is 18.0 Å². The van der Waals surface area contributed by atoms with Crippen molar-refractivity contribution in [2.75, 3.05) is 36.4 Å². The fourth-order valence-electron chi connectivity index (χ4n) is 4.22. The van der Waals surface area contributed by atoms with Crippen LogP contribution in [0.25, 0.3) is 22.2 Å². The average molecular weight is 426 g/mol. The third-order valence-corrected chi connectivity index (χ3v) is 5.88. The Balaban J connectivity index is 1.58. The molecule has 2 aliphatic rings. The second-order valence-electron chi connectivity index (χ2n) is 8.13. The number of aromatic amines is 1. The molecule has 1 aromatic carbocycles. The van der Waals surface area contributed by atoms with E-state index in [0.717, 1.165) is 36.8 Å². The van der Waals surface area contributed by atoms with Gasteiger partial charge in [-0.2, -0.15) is 4.98 Å². The van der Waals surface area contributed by atoms with Crippen molar-refractivity contribution < 1.29 is 8.78 Å². The number of benzene rings is 1. The van der Waals surface area contributed by atoms with Gasteiger partial charge in [0.25, 0.3) is 5.56 Å². The lowest BCUT2D eigenvalue weighted by Gasteiger charge is -2.26. The van der Waals surface area contributed by atoms with Crippen molar-refractivity contribution >= 4 is 22.7 Å². The standard InChI is InChI=1S/C22H24F2N6O/c23-15-11-30(12-16(15)24)22-28-20(26-14-5-3-9-25-10-14)19(21(31)29-22)18-8-7-13-4-1-2-6-17(13)27-18/h1-2,4,6-8,14-16,25H,3,5,9-12H2,(H2,26,28,29,31)/t14-,15+,16+/m1/s1.